The second-order valence-electron chi connectivity index (χ2n) is 8.95. The maximum atomic E-state index is 14.4. The summed E-state index contributed by atoms with van der Waals surface area (Å²) in [5, 5.41) is 0. The molecule has 0 aromatic heterocycles. The zero-order valence-corrected chi connectivity index (χ0v) is 17.4. The van der Waals surface area contributed by atoms with E-state index in [1.807, 2.05) is 0 Å². The summed E-state index contributed by atoms with van der Waals surface area (Å²) in [6.07, 6.45) is 14.4. The van der Waals surface area contributed by atoms with Gasteiger partial charge in [-0.2, -0.15) is 0 Å². The van der Waals surface area contributed by atoms with Crippen LogP contribution in [0.15, 0.2) is 24.8 Å². The Labute approximate surface area is 169 Å². The zero-order chi connectivity index (χ0) is 19.9. The van der Waals surface area contributed by atoms with Gasteiger partial charge in [-0.25, -0.2) is 8.78 Å². The quantitative estimate of drug-likeness (QED) is 0.329. The van der Waals surface area contributed by atoms with Gasteiger partial charge in [0.2, 0.25) is 0 Å². The Morgan fingerprint density at radius 1 is 0.964 bits per heavy atom. The lowest BCUT2D eigenvalue weighted by atomic mass is 9.68. The topological polar surface area (TPSA) is 9.23 Å². The minimum atomic E-state index is -0.476. The van der Waals surface area contributed by atoms with E-state index in [9.17, 15) is 8.78 Å². The van der Waals surface area contributed by atoms with Crippen LogP contribution in [-0.4, -0.2) is 6.61 Å². The van der Waals surface area contributed by atoms with Crippen LogP contribution in [0.4, 0.5) is 8.78 Å². The van der Waals surface area contributed by atoms with Crippen molar-refractivity contribution in [2.75, 3.05) is 6.61 Å². The average molecular weight is 391 g/mol. The van der Waals surface area contributed by atoms with Gasteiger partial charge in [-0.1, -0.05) is 38.7 Å². The van der Waals surface area contributed by atoms with Gasteiger partial charge in [0.05, 0.1) is 13.2 Å². The fourth-order valence-corrected chi connectivity index (χ4v) is 5.52. The van der Waals surface area contributed by atoms with Crippen LogP contribution in [0, 0.1) is 29.4 Å². The second-order valence-corrected chi connectivity index (χ2v) is 8.95. The van der Waals surface area contributed by atoms with E-state index in [1.54, 1.807) is 6.08 Å². The molecular formula is C25H36F2O. The zero-order valence-electron chi connectivity index (χ0n) is 17.4. The number of hydrogen-bond acceptors (Lipinski definition) is 1. The lowest BCUT2D eigenvalue weighted by molar-refractivity contribution is 0.142. The molecule has 1 aromatic carbocycles. The molecule has 0 bridgehead atoms. The molecule has 28 heavy (non-hydrogen) atoms. The molecule has 156 valence electrons. The Bertz CT molecular complexity index is 602. The Morgan fingerprint density at radius 3 is 2.07 bits per heavy atom. The first-order valence-corrected chi connectivity index (χ1v) is 11.3. The van der Waals surface area contributed by atoms with E-state index >= 15 is 0 Å². The molecule has 3 heteroatoms. The Morgan fingerprint density at radius 2 is 1.54 bits per heavy atom. The molecule has 0 atom stereocenters. The third-order valence-corrected chi connectivity index (χ3v) is 7.14. The van der Waals surface area contributed by atoms with Crippen molar-refractivity contribution in [2.45, 2.75) is 83.7 Å². The van der Waals surface area contributed by atoms with Crippen molar-refractivity contribution in [3.05, 3.63) is 47.5 Å². The first kappa shape index (κ1) is 21.5. The number of hydrogen-bond donors (Lipinski definition) is 0. The molecular weight excluding hydrogens is 354 g/mol. The fourth-order valence-electron chi connectivity index (χ4n) is 5.52. The normalized spacial score (nSPS) is 28.2. The van der Waals surface area contributed by atoms with Gasteiger partial charge in [-0.05, 0) is 79.9 Å². The Hall–Kier alpha value is -1.22. The molecule has 1 nitrogen and oxygen atoms in total. The largest absolute Gasteiger partial charge is 0.373 e. The summed E-state index contributed by atoms with van der Waals surface area (Å²) in [4.78, 5) is 0. The Kier molecular flexibility index (Phi) is 8.08. The van der Waals surface area contributed by atoms with Crippen LogP contribution in [0.3, 0.4) is 0 Å². The van der Waals surface area contributed by atoms with E-state index in [-0.39, 0.29) is 12.2 Å². The molecule has 0 N–H and O–H groups in total. The van der Waals surface area contributed by atoms with Crippen molar-refractivity contribution < 1.29 is 13.5 Å². The third kappa shape index (κ3) is 5.43. The van der Waals surface area contributed by atoms with Gasteiger partial charge >= 0.3 is 0 Å². The van der Waals surface area contributed by atoms with Crippen LogP contribution in [0.2, 0.25) is 0 Å². The molecule has 2 aliphatic rings. The van der Waals surface area contributed by atoms with Crippen LogP contribution < -0.4 is 0 Å². The molecule has 0 heterocycles. The van der Waals surface area contributed by atoms with Crippen molar-refractivity contribution in [1.82, 2.24) is 0 Å². The van der Waals surface area contributed by atoms with Gasteiger partial charge in [0, 0.05) is 5.56 Å². The van der Waals surface area contributed by atoms with Crippen LogP contribution in [-0.2, 0) is 11.3 Å². The highest BCUT2D eigenvalue weighted by Crippen LogP contribution is 2.44. The fraction of sp³-hybridized carbons (Fsp3) is 0.680. The van der Waals surface area contributed by atoms with Crippen LogP contribution >= 0.6 is 0 Å². The predicted molar refractivity (Wildman–Crippen MR) is 111 cm³/mol. The first-order valence-electron chi connectivity index (χ1n) is 11.3. The van der Waals surface area contributed by atoms with E-state index in [4.69, 9.17) is 4.74 Å². The van der Waals surface area contributed by atoms with Gasteiger partial charge in [0.15, 0.2) is 0 Å². The number of ether oxygens (including phenoxy) is 1. The van der Waals surface area contributed by atoms with Gasteiger partial charge in [-0.3, -0.25) is 0 Å². The first-order chi connectivity index (χ1) is 13.6. The van der Waals surface area contributed by atoms with Crippen LogP contribution in [0.5, 0.6) is 0 Å². The van der Waals surface area contributed by atoms with Crippen molar-refractivity contribution in [1.29, 1.82) is 0 Å². The third-order valence-electron chi connectivity index (χ3n) is 7.14. The molecule has 0 unspecified atom stereocenters. The number of rotatable bonds is 8. The molecule has 1 aromatic rings. The smallest absolute Gasteiger partial charge is 0.131 e. The monoisotopic (exact) mass is 390 g/mol. The van der Waals surface area contributed by atoms with Crippen LogP contribution in [0.1, 0.15) is 88.2 Å². The predicted octanol–water partition coefficient (Wildman–Crippen LogP) is 7.55. The highest BCUT2D eigenvalue weighted by Gasteiger charge is 2.31. The summed E-state index contributed by atoms with van der Waals surface area (Å²) >= 11 is 0. The van der Waals surface area contributed by atoms with E-state index < -0.39 is 11.6 Å². The molecule has 0 amide bonds. The van der Waals surface area contributed by atoms with Crippen molar-refractivity contribution in [2.24, 2.45) is 17.8 Å². The van der Waals surface area contributed by atoms with E-state index in [0.29, 0.717) is 12.5 Å². The molecule has 0 aliphatic heterocycles. The van der Waals surface area contributed by atoms with E-state index in [2.05, 4.69) is 13.5 Å². The molecule has 2 fully saturated rings. The van der Waals surface area contributed by atoms with Crippen molar-refractivity contribution >= 4 is 0 Å². The average Bonchev–Trinajstić information content (AvgIpc) is 2.71. The lowest BCUT2D eigenvalue weighted by Gasteiger charge is -2.38. The molecule has 2 saturated carbocycles. The van der Waals surface area contributed by atoms with Gasteiger partial charge in [0.25, 0.3) is 0 Å². The number of benzene rings is 1. The highest BCUT2D eigenvalue weighted by molar-refractivity contribution is 5.28. The van der Waals surface area contributed by atoms with Gasteiger partial charge in [-0.15, -0.1) is 6.58 Å². The summed E-state index contributed by atoms with van der Waals surface area (Å²) < 4.78 is 34.1. The van der Waals surface area contributed by atoms with Gasteiger partial charge in [0.1, 0.15) is 11.6 Å². The van der Waals surface area contributed by atoms with Crippen molar-refractivity contribution in [3.63, 3.8) is 0 Å². The molecule has 2 aliphatic carbocycles. The Balaban J connectivity index is 1.53. The van der Waals surface area contributed by atoms with E-state index in [0.717, 1.165) is 36.2 Å². The minimum Gasteiger partial charge on any atom is -0.373 e. The number of halogens is 2. The molecule has 0 radical (unpaired) electrons. The molecule has 0 saturated heterocycles. The standard InChI is InChI=1S/C25H36F2O/c1-3-5-18-6-8-19(9-7-18)20-10-12-21(13-11-20)22-15-24(26)23(25(27)16-22)17-28-14-4-2/h4,15-16,18-21H,2-3,5-14,17H2,1H3/t18-,19-,20?,21?. The summed E-state index contributed by atoms with van der Waals surface area (Å²) in [6.45, 7) is 6.10. The van der Waals surface area contributed by atoms with E-state index in [1.165, 1.54) is 63.5 Å². The maximum Gasteiger partial charge on any atom is 0.131 e. The highest BCUT2D eigenvalue weighted by atomic mass is 19.1. The second kappa shape index (κ2) is 10.5. The maximum absolute atomic E-state index is 14.4. The summed E-state index contributed by atoms with van der Waals surface area (Å²) in [6, 6.07) is 3.08. The molecule has 0 spiro atoms. The van der Waals surface area contributed by atoms with Gasteiger partial charge < -0.3 is 4.74 Å². The SMILES string of the molecule is C=CCOCc1c(F)cc(C2CCC([C@H]3CC[C@H](CCC)CC3)CC2)cc1F. The summed E-state index contributed by atoms with van der Waals surface area (Å²) in [5.41, 5.74) is 0.857. The summed E-state index contributed by atoms with van der Waals surface area (Å²) in [5.74, 6) is 2.00. The molecule has 3 rings (SSSR count). The van der Waals surface area contributed by atoms with Crippen LogP contribution in [0.25, 0.3) is 0 Å². The lowest BCUT2D eigenvalue weighted by Crippen LogP contribution is -2.25. The minimum absolute atomic E-state index is 0.0307. The summed E-state index contributed by atoms with van der Waals surface area (Å²) in [7, 11) is 0. The van der Waals surface area contributed by atoms with Crippen molar-refractivity contribution in [3.8, 4) is 0 Å².